The average molecular weight is 251 g/mol. The highest BCUT2D eigenvalue weighted by molar-refractivity contribution is 4.78. The van der Waals surface area contributed by atoms with Crippen molar-refractivity contribution in [3.05, 3.63) is 0 Å². The lowest BCUT2D eigenvalue weighted by Gasteiger charge is -2.28. The lowest BCUT2D eigenvalue weighted by Crippen LogP contribution is -2.34. The van der Waals surface area contributed by atoms with E-state index in [1.807, 2.05) is 0 Å². The van der Waals surface area contributed by atoms with Crippen LogP contribution in [0, 0.1) is 17.8 Å². The Hall–Kier alpha value is -0.0400. The standard InChI is InChI=1S/C17H33N/c1-3-15-7-5-9-17(11-10-15)18-13-16-8-4-6-14(2)12-16/h14-18H,3-13H2,1-2H3. The van der Waals surface area contributed by atoms with Gasteiger partial charge >= 0.3 is 0 Å². The Balaban J connectivity index is 1.66. The maximum absolute atomic E-state index is 3.90. The zero-order chi connectivity index (χ0) is 12.8. The molecule has 0 aliphatic heterocycles. The first-order valence-electron chi connectivity index (χ1n) is 8.51. The van der Waals surface area contributed by atoms with E-state index < -0.39 is 0 Å². The second-order valence-corrected chi connectivity index (χ2v) is 7.03. The van der Waals surface area contributed by atoms with Crippen LogP contribution >= 0.6 is 0 Å². The molecular formula is C17H33N. The third-order valence-electron chi connectivity index (χ3n) is 5.41. The van der Waals surface area contributed by atoms with Gasteiger partial charge in [-0.1, -0.05) is 46.0 Å². The summed E-state index contributed by atoms with van der Waals surface area (Å²) in [7, 11) is 0. The Bertz CT molecular complexity index is 226. The van der Waals surface area contributed by atoms with Crippen LogP contribution in [0.5, 0.6) is 0 Å². The van der Waals surface area contributed by atoms with E-state index in [-0.39, 0.29) is 0 Å². The van der Waals surface area contributed by atoms with Gasteiger partial charge in [0.2, 0.25) is 0 Å². The Morgan fingerprint density at radius 1 is 0.889 bits per heavy atom. The highest BCUT2D eigenvalue weighted by atomic mass is 14.9. The summed E-state index contributed by atoms with van der Waals surface area (Å²) in [5.41, 5.74) is 0. The molecule has 2 aliphatic carbocycles. The number of rotatable bonds is 4. The fourth-order valence-corrected chi connectivity index (χ4v) is 4.07. The van der Waals surface area contributed by atoms with Crippen LogP contribution in [0.3, 0.4) is 0 Å². The van der Waals surface area contributed by atoms with Gasteiger partial charge in [-0.25, -0.2) is 0 Å². The largest absolute Gasteiger partial charge is 0.314 e. The van der Waals surface area contributed by atoms with Crippen molar-refractivity contribution in [1.29, 1.82) is 0 Å². The van der Waals surface area contributed by atoms with Crippen LogP contribution < -0.4 is 5.32 Å². The Morgan fingerprint density at radius 3 is 2.44 bits per heavy atom. The Kier molecular flexibility index (Phi) is 6.01. The monoisotopic (exact) mass is 251 g/mol. The Morgan fingerprint density at radius 2 is 1.67 bits per heavy atom. The third-order valence-corrected chi connectivity index (χ3v) is 5.41. The van der Waals surface area contributed by atoms with Crippen molar-refractivity contribution < 1.29 is 0 Å². The minimum Gasteiger partial charge on any atom is -0.314 e. The first kappa shape index (κ1) is 14.4. The Labute approximate surface area is 114 Å². The van der Waals surface area contributed by atoms with Crippen molar-refractivity contribution >= 4 is 0 Å². The van der Waals surface area contributed by atoms with E-state index >= 15 is 0 Å². The van der Waals surface area contributed by atoms with Gasteiger partial charge in [0.1, 0.15) is 0 Å². The van der Waals surface area contributed by atoms with Gasteiger partial charge in [0.05, 0.1) is 0 Å². The normalized spacial score (nSPS) is 38.3. The van der Waals surface area contributed by atoms with Crippen LogP contribution in [0.4, 0.5) is 0 Å². The van der Waals surface area contributed by atoms with Gasteiger partial charge < -0.3 is 5.32 Å². The van der Waals surface area contributed by atoms with Gasteiger partial charge in [-0.2, -0.15) is 0 Å². The number of hydrogen-bond acceptors (Lipinski definition) is 1. The molecule has 0 spiro atoms. The summed E-state index contributed by atoms with van der Waals surface area (Å²) in [4.78, 5) is 0. The molecule has 2 rings (SSSR count). The molecule has 0 heterocycles. The number of nitrogens with one attached hydrogen (secondary N) is 1. The maximum atomic E-state index is 3.90. The van der Waals surface area contributed by atoms with Gasteiger partial charge in [-0.15, -0.1) is 0 Å². The highest BCUT2D eigenvalue weighted by Gasteiger charge is 2.21. The van der Waals surface area contributed by atoms with Crippen LogP contribution in [0.2, 0.25) is 0 Å². The predicted molar refractivity (Wildman–Crippen MR) is 79.8 cm³/mol. The van der Waals surface area contributed by atoms with Gasteiger partial charge in [0, 0.05) is 6.04 Å². The molecule has 0 radical (unpaired) electrons. The molecule has 1 heteroatoms. The molecule has 4 atom stereocenters. The van der Waals surface area contributed by atoms with Crippen molar-refractivity contribution in [3.8, 4) is 0 Å². The van der Waals surface area contributed by atoms with E-state index in [0.29, 0.717) is 0 Å². The summed E-state index contributed by atoms with van der Waals surface area (Å²) in [5.74, 6) is 2.97. The van der Waals surface area contributed by atoms with E-state index in [1.54, 1.807) is 0 Å². The van der Waals surface area contributed by atoms with E-state index in [1.165, 1.54) is 70.8 Å². The first-order valence-corrected chi connectivity index (χ1v) is 8.51. The molecule has 18 heavy (non-hydrogen) atoms. The number of hydrogen-bond donors (Lipinski definition) is 1. The van der Waals surface area contributed by atoms with E-state index in [0.717, 1.165) is 23.8 Å². The molecule has 0 aromatic carbocycles. The first-order chi connectivity index (χ1) is 8.78. The lowest BCUT2D eigenvalue weighted by molar-refractivity contribution is 0.262. The van der Waals surface area contributed by atoms with Crippen LogP contribution in [0.1, 0.15) is 78.1 Å². The molecule has 2 aliphatic rings. The highest BCUT2D eigenvalue weighted by Crippen LogP contribution is 2.29. The van der Waals surface area contributed by atoms with Crippen molar-refractivity contribution in [1.82, 2.24) is 5.32 Å². The molecule has 4 unspecified atom stereocenters. The van der Waals surface area contributed by atoms with Crippen molar-refractivity contribution in [2.45, 2.75) is 84.1 Å². The van der Waals surface area contributed by atoms with Gasteiger partial charge in [-0.3, -0.25) is 0 Å². The predicted octanol–water partition coefficient (Wildman–Crippen LogP) is 4.76. The minimum atomic E-state index is 0.832. The van der Waals surface area contributed by atoms with Crippen LogP contribution in [-0.2, 0) is 0 Å². The summed E-state index contributed by atoms with van der Waals surface area (Å²) >= 11 is 0. The molecule has 1 nitrogen and oxygen atoms in total. The fraction of sp³-hybridized carbons (Fsp3) is 1.00. The topological polar surface area (TPSA) is 12.0 Å². The van der Waals surface area contributed by atoms with Crippen molar-refractivity contribution in [3.63, 3.8) is 0 Å². The van der Waals surface area contributed by atoms with Gasteiger partial charge in [0.15, 0.2) is 0 Å². The van der Waals surface area contributed by atoms with Crippen LogP contribution in [-0.4, -0.2) is 12.6 Å². The third kappa shape index (κ3) is 4.57. The van der Waals surface area contributed by atoms with Crippen LogP contribution in [0.25, 0.3) is 0 Å². The summed E-state index contributed by atoms with van der Waals surface area (Å²) < 4.78 is 0. The maximum Gasteiger partial charge on any atom is 0.00672 e. The lowest BCUT2D eigenvalue weighted by atomic mass is 9.82. The molecule has 2 saturated carbocycles. The van der Waals surface area contributed by atoms with E-state index in [2.05, 4.69) is 19.2 Å². The fourth-order valence-electron chi connectivity index (χ4n) is 4.07. The van der Waals surface area contributed by atoms with E-state index in [4.69, 9.17) is 0 Å². The summed E-state index contributed by atoms with van der Waals surface area (Å²) in [6.07, 6.45) is 14.5. The molecule has 0 aromatic rings. The van der Waals surface area contributed by atoms with Gasteiger partial charge in [-0.05, 0) is 56.4 Å². The average Bonchev–Trinajstić information content (AvgIpc) is 2.61. The zero-order valence-corrected chi connectivity index (χ0v) is 12.6. The minimum absolute atomic E-state index is 0.832. The molecule has 0 saturated heterocycles. The summed E-state index contributed by atoms with van der Waals surface area (Å²) in [6.45, 7) is 6.09. The molecule has 0 bridgehead atoms. The van der Waals surface area contributed by atoms with Crippen molar-refractivity contribution in [2.24, 2.45) is 17.8 Å². The van der Waals surface area contributed by atoms with E-state index in [9.17, 15) is 0 Å². The summed E-state index contributed by atoms with van der Waals surface area (Å²) in [6, 6.07) is 0.832. The molecule has 106 valence electrons. The smallest absolute Gasteiger partial charge is 0.00672 e. The second kappa shape index (κ2) is 7.53. The SMILES string of the molecule is CCC1CCCC(NCC2CCCC(C)C2)CC1. The van der Waals surface area contributed by atoms with Crippen LogP contribution in [0.15, 0.2) is 0 Å². The molecule has 1 N–H and O–H groups in total. The molecule has 0 amide bonds. The van der Waals surface area contributed by atoms with Crippen molar-refractivity contribution in [2.75, 3.05) is 6.54 Å². The zero-order valence-electron chi connectivity index (χ0n) is 12.6. The molecule has 2 fully saturated rings. The summed E-state index contributed by atoms with van der Waals surface area (Å²) in [5, 5.41) is 3.90. The molecular weight excluding hydrogens is 218 g/mol. The quantitative estimate of drug-likeness (QED) is 0.710. The van der Waals surface area contributed by atoms with Gasteiger partial charge in [0.25, 0.3) is 0 Å². The second-order valence-electron chi connectivity index (χ2n) is 7.03. The molecule has 0 aromatic heterocycles.